The van der Waals surface area contributed by atoms with Crippen LogP contribution in [-0.2, 0) is 0 Å². The molecule has 0 saturated heterocycles. The lowest BCUT2D eigenvalue weighted by atomic mass is 10.0. The number of pyridine rings is 1. The van der Waals surface area contributed by atoms with Crippen molar-refractivity contribution in [3.63, 3.8) is 0 Å². The Morgan fingerprint density at radius 2 is 1.81 bits per heavy atom. The molecule has 6 nitrogen and oxygen atoms in total. The zero-order valence-electron chi connectivity index (χ0n) is 14.8. The molecule has 3 rings (SSSR count). The van der Waals surface area contributed by atoms with Crippen molar-refractivity contribution in [1.82, 2.24) is 4.98 Å². The Labute approximate surface area is 151 Å². The van der Waals surface area contributed by atoms with Crippen LogP contribution in [0.3, 0.4) is 0 Å². The number of fused-ring (bicyclic) bond motifs is 1. The normalized spacial score (nSPS) is 10.6. The summed E-state index contributed by atoms with van der Waals surface area (Å²) < 4.78 is 16.1. The van der Waals surface area contributed by atoms with Gasteiger partial charge < -0.3 is 19.3 Å². The number of carbonyl (C=O) groups is 1. The van der Waals surface area contributed by atoms with E-state index in [0.29, 0.717) is 46.0 Å². The van der Waals surface area contributed by atoms with E-state index < -0.39 is 5.97 Å². The predicted molar refractivity (Wildman–Crippen MR) is 98.4 cm³/mol. The molecule has 0 aliphatic heterocycles. The molecule has 0 saturated carbocycles. The van der Waals surface area contributed by atoms with Gasteiger partial charge in [0.2, 0.25) is 0 Å². The third-order valence-corrected chi connectivity index (χ3v) is 4.00. The molecule has 6 heteroatoms. The van der Waals surface area contributed by atoms with Gasteiger partial charge in [-0.2, -0.15) is 0 Å². The van der Waals surface area contributed by atoms with Crippen LogP contribution in [0.25, 0.3) is 22.2 Å². The fraction of sp³-hybridized carbons (Fsp3) is 0.200. The average molecular weight is 353 g/mol. The number of rotatable bonds is 6. The van der Waals surface area contributed by atoms with E-state index >= 15 is 0 Å². The largest absolute Gasteiger partial charge is 0.497 e. The third kappa shape index (κ3) is 3.26. The smallest absolute Gasteiger partial charge is 0.336 e. The predicted octanol–water partition coefficient (Wildman–Crippen LogP) is 4.02. The molecule has 0 radical (unpaired) electrons. The van der Waals surface area contributed by atoms with Crippen molar-refractivity contribution in [2.45, 2.75) is 6.92 Å². The minimum atomic E-state index is -1.03. The number of methoxy groups -OCH3 is 2. The Kier molecular flexibility index (Phi) is 4.93. The van der Waals surface area contributed by atoms with Crippen molar-refractivity contribution >= 4 is 16.9 Å². The lowest BCUT2D eigenvalue weighted by Crippen LogP contribution is -2.02. The number of hydrogen-bond acceptors (Lipinski definition) is 5. The van der Waals surface area contributed by atoms with Crippen LogP contribution in [0.2, 0.25) is 0 Å². The fourth-order valence-electron chi connectivity index (χ4n) is 2.79. The lowest BCUT2D eigenvalue weighted by molar-refractivity contribution is 0.0699. The molecular formula is C20H19NO5. The first kappa shape index (κ1) is 17.5. The minimum Gasteiger partial charge on any atom is -0.497 e. The van der Waals surface area contributed by atoms with Crippen molar-refractivity contribution in [2.75, 3.05) is 20.8 Å². The van der Waals surface area contributed by atoms with E-state index in [-0.39, 0.29) is 5.56 Å². The van der Waals surface area contributed by atoms with E-state index in [4.69, 9.17) is 14.2 Å². The molecule has 0 amide bonds. The lowest BCUT2D eigenvalue weighted by Gasteiger charge is -2.13. The molecule has 0 aliphatic rings. The van der Waals surface area contributed by atoms with Crippen LogP contribution in [0.5, 0.6) is 17.2 Å². The summed E-state index contributed by atoms with van der Waals surface area (Å²) in [4.78, 5) is 16.4. The molecule has 0 bridgehead atoms. The highest BCUT2D eigenvalue weighted by atomic mass is 16.5. The van der Waals surface area contributed by atoms with Gasteiger partial charge in [-0.15, -0.1) is 0 Å². The number of aromatic nitrogens is 1. The van der Waals surface area contributed by atoms with E-state index in [1.807, 2.05) is 6.92 Å². The van der Waals surface area contributed by atoms with Gasteiger partial charge >= 0.3 is 5.97 Å². The zero-order chi connectivity index (χ0) is 18.7. The Morgan fingerprint density at radius 1 is 1.04 bits per heavy atom. The molecule has 1 N–H and O–H groups in total. The summed E-state index contributed by atoms with van der Waals surface area (Å²) in [5.41, 5.74) is 1.87. The fourth-order valence-corrected chi connectivity index (χ4v) is 2.79. The van der Waals surface area contributed by atoms with Gasteiger partial charge in [0, 0.05) is 10.9 Å². The molecule has 26 heavy (non-hydrogen) atoms. The Morgan fingerprint density at radius 3 is 2.46 bits per heavy atom. The van der Waals surface area contributed by atoms with Crippen LogP contribution in [-0.4, -0.2) is 36.9 Å². The molecule has 0 unspecified atom stereocenters. The van der Waals surface area contributed by atoms with Crippen molar-refractivity contribution in [3.05, 3.63) is 48.0 Å². The average Bonchev–Trinajstić information content (AvgIpc) is 2.66. The van der Waals surface area contributed by atoms with E-state index in [9.17, 15) is 9.90 Å². The molecule has 1 aromatic heterocycles. The maximum Gasteiger partial charge on any atom is 0.336 e. The number of aromatic carboxylic acids is 1. The van der Waals surface area contributed by atoms with Crippen LogP contribution >= 0.6 is 0 Å². The maximum absolute atomic E-state index is 11.8. The zero-order valence-corrected chi connectivity index (χ0v) is 14.8. The molecule has 0 spiro atoms. The Bertz CT molecular complexity index is 968. The summed E-state index contributed by atoms with van der Waals surface area (Å²) in [7, 11) is 3.12. The van der Waals surface area contributed by atoms with Gasteiger partial charge in [0.1, 0.15) is 17.2 Å². The van der Waals surface area contributed by atoms with Crippen molar-refractivity contribution in [2.24, 2.45) is 0 Å². The topological polar surface area (TPSA) is 77.9 Å². The number of ether oxygens (including phenoxy) is 3. The molecule has 0 aliphatic carbocycles. The second-order valence-corrected chi connectivity index (χ2v) is 5.54. The van der Waals surface area contributed by atoms with Gasteiger partial charge in [0.25, 0.3) is 0 Å². The highest BCUT2D eigenvalue weighted by Crippen LogP contribution is 2.35. The number of hydrogen-bond donors (Lipinski definition) is 1. The summed E-state index contributed by atoms with van der Waals surface area (Å²) in [5.74, 6) is 0.788. The second kappa shape index (κ2) is 7.31. The molecule has 134 valence electrons. The maximum atomic E-state index is 11.8. The monoisotopic (exact) mass is 353 g/mol. The minimum absolute atomic E-state index is 0.149. The van der Waals surface area contributed by atoms with Crippen LogP contribution in [0, 0.1) is 0 Å². The van der Waals surface area contributed by atoms with Gasteiger partial charge in [-0.05, 0) is 49.4 Å². The Hall–Kier alpha value is -3.28. The summed E-state index contributed by atoms with van der Waals surface area (Å²) in [5, 5.41) is 10.2. The molecule has 0 fully saturated rings. The molecule has 1 heterocycles. The van der Waals surface area contributed by atoms with Gasteiger partial charge in [0.05, 0.1) is 37.6 Å². The number of carboxylic acid groups (broad SMARTS) is 1. The van der Waals surface area contributed by atoms with E-state index in [1.165, 1.54) is 6.07 Å². The van der Waals surface area contributed by atoms with Crippen molar-refractivity contribution in [1.29, 1.82) is 0 Å². The first-order valence-electron chi connectivity index (χ1n) is 8.10. The molecular weight excluding hydrogens is 334 g/mol. The molecule has 3 aromatic rings. The first-order valence-corrected chi connectivity index (χ1v) is 8.10. The summed E-state index contributed by atoms with van der Waals surface area (Å²) in [6.07, 6.45) is 0. The quantitative estimate of drug-likeness (QED) is 0.721. The second-order valence-electron chi connectivity index (χ2n) is 5.54. The standard InChI is InChI=1S/C20H19NO5/c1-4-26-13-5-7-17-14(10-13)15(20(22)23)11-18(21-17)16-9-12(24-2)6-8-19(16)25-3/h5-11H,4H2,1-3H3,(H,22,23). The Balaban J connectivity index is 2.25. The third-order valence-electron chi connectivity index (χ3n) is 4.00. The number of benzene rings is 2. The van der Waals surface area contributed by atoms with Gasteiger partial charge in [-0.1, -0.05) is 0 Å². The van der Waals surface area contributed by atoms with Crippen molar-refractivity contribution in [3.8, 4) is 28.5 Å². The summed E-state index contributed by atoms with van der Waals surface area (Å²) in [6, 6.07) is 12.1. The van der Waals surface area contributed by atoms with Crippen LogP contribution in [0.4, 0.5) is 0 Å². The van der Waals surface area contributed by atoms with E-state index in [1.54, 1.807) is 50.6 Å². The van der Waals surface area contributed by atoms with Crippen molar-refractivity contribution < 1.29 is 24.1 Å². The van der Waals surface area contributed by atoms with E-state index in [2.05, 4.69) is 4.98 Å². The van der Waals surface area contributed by atoms with Crippen LogP contribution < -0.4 is 14.2 Å². The highest BCUT2D eigenvalue weighted by molar-refractivity contribution is 6.04. The summed E-state index contributed by atoms with van der Waals surface area (Å²) in [6.45, 7) is 2.37. The number of carboxylic acids is 1. The van der Waals surface area contributed by atoms with Crippen LogP contribution in [0.15, 0.2) is 42.5 Å². The van der Waals surface area contributed by atoms with Gasteiger partial charge in [-0.25, -0.2) is 9.78 Å². The van der Waals surface area contributed by atoms with Gasteiger partial charge in [0.15, 0.2) is 0 Å². The highest BCUT2D eigenvalue weighted by Gasteiger charge is 2.16. The van der Waals surface area contributed by atoms with Gasteiger partial charge in [-0.3, -0.25) is 0 Å². The first-order chi connectivity index (χ1) is 12.6. The molecule has 0 atom stereocenters. The summed E-state index contributed by atoms with van der Waals surface area (Å²) >= 11 is 0. The van der Waals surface area contributed by atoms with E-state index in [0.717, 1.165) is 0 Å². The molecule has 2 aromatic carbocycles. The number of nitrogens with zero attached hydrogens (tertiary/aromatic N) is 1. The van der Waals surface area contributed by atoms with Crippen LogP contribution in [0.1, 0.15) is 17.3 Å². The SMILES string of the molecule is CCOc1ccc2nc(-c3cc(OC)ccc3OC)cc(C(=O)O)c2c1.